The highest BCUT2D eigenvalue weighted by atomic mass is 79.9. The molecular weight excluding hydrogens is 422 g/mol. The fourth-order valence-corrected chi connectivity index (χ4v) is 5.03. The summed E-state index contributed by atoms with van der Waals surface area (Å²) in [6, 6.07) is 7.02. The molecule has 0 radical (unpaired) electrons. The molecule has 0 unspecified atom stereocenters. The molecule has 5 heteroatoms. The Morgan fingerprint density at radius 1 is 0.704 bits per heavy atom. The average molecular weight is 461 g/mol. The maximum Gasteiger partial charge on any atom is 0.243 e. The van der Waals surface area contributed by atoms with Gasteiger partial charge in [-0.3, -0.25) is 0 Å². The minimum Gasteiger partial charge on any atom is -0.207 e. The smallest absolute Gasteiger partial charge is 0.207 e. The fourth-order valence-electron chi connectivity index (χ4n) is 3.24. The van der Waals surface area contributed by atoms with E-state index in [1.54, 1.807) is 28.6 Å². The van der Waals surface area contributed by atoms with Crippen LogP contribution in [0.5, 0.6) is 0 Å². The molecule has 1 aromatic carbocycles. The molecule has 0 amide bonds. The van der Waals surface area contributed by atoms with E-state index in [1.165, 1.54) is 51.4 Å². The predicted molar refractivity (Wildman–Crippen MR) is 120 cm³/mol. The normalized spacial score (nSPS) is 12.0. The summed E-state index contributed by atoms with van der Waals surface area (Å²) in [6.45, 7) is 5.71. The van der Waals surface area contributed by atoms with Crippen LogP contribution in [0.25, 0.3) is 0 Å². The molecule has 3 nitrogen and oxygen atoms in total. The van der Waals surface area contributed by atoms with Crippen LogP contribution in [0.4, 0.5) is 0 Å². The van der Waals surface area contributed by atoms with Crippen LogP contribution in [0.1, 0.15) is 90.9 Å². The number of sulfonamides is 1. The Hall–Kier alpha value is -0.390. The number of hydrogen-bond acceptors (Lipinski definition) is 2. The Morgan fingerprint density at radius 3 is 1.56 bits per heavy atom. The Bertz CT molecular complexity index is 571. The summed E-state index contributed by atoms with van der Waals surface area (Å²) in [7, 11) is -3.40. The number of nitrogens with zero attached hydrogens (tertiary/aromatic N) is 1. The van der Waals surface area contributed by atoms with Gasteiger partial charge < -0.3 is 0 Å². The summed E-state index contributed by atoms with van der Waals surface area (Å²) in [5, 5.41) is 0. The van der Waals surface area contributed by atoms with E-state index in [0.717, 1.165) is 30.2 Å². The molecule has 156 valence electrons. The Kier molecular flexibility index (Phi) is 13.3. The van der Waals surface area contributed by atoms with Crippen LogP contribution in [0.3, 0.4) is 0 Å². The van der Waals surface area contributed by atoms with Gasteiger partial charge in [-0.15, -0.1) is 0 Å². The van der Waals surface area contributed by atoms with Crippen LogP contribution in [-0.4, -0.2) is 25.8 Å². The molecule has 0 spiro atoms. The molecule has 0 aliphatic rings. The van der Waals surface area contributed by atoms with Crippen LogP contribution in [0.15, 0.2) is 33.6 Å². The van der Waals surface area contributed by atoms with Gasteiger partial charge >= 0.3 is 0 Å². The number of benzene rings is 1. The van der Waals surface area contributed by atoms with Crippen LogP contribution < -0.4 is 0 Å². The lowest BCUT2D eigenvalue weighted by Gasteiger charge is -2.22. The third-order valence-corrected chi connectivity index (χ3v) is 7.42. The summed E-state index contributed by atoms with van der Waals surface area (Å²) in [4.78, 5) is 0.405. The first kappa shape index (κ1) is 24.6. The van der Waals surface area contributed by atoms with Gasteiger partial charge in [-0.1, -0.05) is 94.0 Å². The monoisotopic (exact) mass is 459 g/mol. The molecule has 0 N–H and O–H groups in total. The van der Waals surface area contributed by atoms with Gasteiger partial charge in [0.2, 0.25) is 10.0 Å². The van der Waals surface area contributed by atoms with Crippen molar-refractivity contribution >= 4 is 26.0 Å². The highest BCUT2D eigenvalue weighted by Crippen LogP contribution is 2.20. The first-order valence-corrected chi connectivity index (χ1v) is 13.0. The van der Waals surface area contributed by atoms with Crippen molar-refractivity contribution in [2.24, 2.45) is 0 Å². The predicted octanol–water partition coefficient (Wildman–Crippen LogP) is 7.16. The van der Waals surface area contributed by atoms with Crippen LogP contribution in [-0.2, 0) is 10.0 Å². The Morgan fingerprint density at radius 2 is 1.11 bits per heavy atom. The van der Waals surface area contributed by atoms with Crippen molar-refractivity contribution in [3.05, 3.63) is 28.7 Å². The van der Waals surface area contributed by atoms with E-state index in [9.17, 15) is 8.42 Å². The summed E-state index contributed by atoms with van der Waals surface area (Å²) in [6.07, 6.45) is 14.1. The molecule has 0 aromatic heterocycles. The van der Waals surface area contributed by atoms with Crippen molar-refractivity contribution in [2.75, 3.05) is 13.1 Å². The van der Waals surface area contributed by atoms with Gasteiger partial charge in [0.15, 0.2) is 0 Å². The lowest BCUT2D eigenvalue weighted by molar-refractivity contribution is 0.383. The third kappa shape index (κ3) is 10.1. The first-order chi connectivity index (χ1) is 13.0. The molecule has 1 aromatic rings. The number of hydrogen-bond donors (Lipinski definition) is 0. The quantitative estimate of drug-likeness (QED) is 0.246. The van der Waals surface area contributed by atoms with Gasteiger partial charge in [0.25, 0.3) is 0 Å². The molecule has 0 fully saturated rings. The average Bonchev–Trinajstić information content (AvgIpc) is 2.65. The molecule has 0 bridgehead atoms. The van der Waals surface area contributed by atoms with E-state index in [1.807, 2.05) is 0 Å². The number of unbranched alkanes of at least 4 members (excludes halogenated alkanes) is 10. The minimum absolute atomic E-state index is 0.405. The highest BCUT2D eigenvalue weighted by Gasteiger charge is 2.23. The van der Waals surface area contributed by atoms with Crippen molar-refractivity contribution in [1.82, 2.24) is 4.31 Å². The largest absolute Gasteiger partial charge is 0.243 e. The van der Waals surface area contributed by atoms with E-state index < -0.39 is 10.0 Å². The Balaban J connectivity index is 2.61. The van der Waals surface area contributed by atoms with Crippen molar-refractivity contribution in [3.63, 3.8) is 0 Å². The lowest BCUT2D eigenvalue weighted by atomic mass is 10.1. The van der Waals surface area contributed by atoms with Gasteiger partial charge in [-0.05, 0) is 37.1 Å². The van der Waals surface area contributed by atoms with E-state index in [4.69, 9.17) is 0 Å². The zero-order chi connectivity index (χ0) is 20.0. The first-order valence-electron chi connectivity index (χ1n) is 10.8. The third-order valence-electron chi connectivity index (χ3n) is 4.97. The lowest BCUT2D eigenvalue weighted by Crippen LogP contribution is -2.33. The topological polar surface area (TPSA) is 37.4 Å². The van der Waals surface area contributed by atoms with Crippen LogP contribution in [0, 0.1) is 0 Å². The van der Waals surface area contributed by atoms with E-state index in [0.29, 0.717) is 18.0 Å². The van der Waals surface area contributed by atoms with Crippen molar-refractivity contribution < 1.29 is 8.42 Å². The zero-order valence-corrected chi connectivity index (χ0v) is 19.7. The second-order valence-corrected chi connectivity index (χ2v) is 10.2. The highest BCUT2D eigenvalue weighted by molar-refractivity contribution is 9.10. The molecule has 0 atom stereocenters. The summed E-state index contributed by atoms with van der Waals surface area (Å²) < 4.78 is 28.8. The minimum atomic E-state index is -3.40. The standard InChI is InChI=1S/C22H38BrNO2S/c1-3-5-7-9-11-13-19-24(20-14-12-10-8-6-4-2)27(25,26)22-17-15-21(23)16-18-22/h15-18H,3-14,19-20H2,1-2H3. The van der Waals surface area contributed by atoms with E-state index >= 15 is 0 Å². The number of halogens is 1. The molecule has 0 saturated carbocycles. The van der Waals surface area contributed by atoms with Crippen molar-refractivity contribution in [1.29, 1.82) is 0 Å². The summed E-state index contributed by atoms with van der Waals surface area (Å²) in [5.41, 5.74) is 0. The van der Waals surface area contributed by atoms with E-state index in [-0.39, 0.29) is 0 Å². The second kappa shape index (κ2) is 14.6. The SMILES string of the molecule is CCCCCCCCN(CCCCCCCC)S(=O)(=O)c1ccc(Br)cc1. The molecule has 27 heavy (non-hydrogen) atoms. The molecule has 1 rings (SSSR count). The van der Waals surface area contributed by atoms with Crippen molar-refractivity contribution in [3.8, 4) is 0 Å². The van der Waals surface area contributed by atoms with Crippen LogP contribution in [0.2, 0.25) is 0 Å². The second-order valence-electron chi connectivity index (χ2n) is 7.39. The summed E-state index contributed by atoms with van der Waals surface area (Å²) in [5.74, 6) is 0. The van der Waals surface area contributed by atoms with Gasteiger partial charge in [0, 0.05) is 17.6 Å². The van der Waals surface area contributed by atoms with Gasteiger partial charge in [-0.2, -0.15) is 4.31 Å². The molecule has 0 saturated heterocycles. The van der Waals surface area contributed by atoms with Gasteiger partial charge in [-0.25, -0.2) is 8.42 Å². The van der Waals surface area contributed by atoms with E-state index in [2.05, 4.69) is 29.8 Å². The van der Waals surface area contributed by atoms with Gasteiger partial charge in [0.05, 0.1) is 4.90 Å². The molecule has 0 aliphatic heterocycles. The van der Waals surface area contributed by atoms with Gasteiger partial charge in [0.1, 0.15) is 0 Å². The maximum absolute atomic E-state index is 13.1. The maximum atomic E-state index is 13.1. The summed E-state index contributed by atoms with van der Waals surface area (Å²) >= 11 is 3.38. The number of rotatable bonds is 16. The zero-order valence-electron chi connectivity index (χ0n) is 17.3. The Labute approximate surface area is 176 Å². The molecule has 0 aliphatic carbocycles. The molecular formula is C22H38BrNO2S. The fraction of sp³-hybridized carbons (Fsp3) is 0.727. The molecule has 0 heterocycles. The van der Waals surface area contributed by atoms with Crippen molar-refractivity contribution in [2.45, 2.75) is 95.8 Å². The van der Waals surface area contributed by atoms with Crippen LogP contribution >= 0.6 is 15.9 Å².